The lowest BCUT2D eigenvalue weighted by molar-refractivity contribution is -0.117. The third-order valence-electron chi connectivity index (χ3n) is 3.42. The highest BCUT2D eigenvalue weighted by atomic mass is 32.1. The predicted molar refractivity (Wildman–Crippen MR) is 89.9 cm³/mol. The molecule has 2 heterocycles. The van der Waals surface area contributed by atoms with E-state index in [1.807, 2.05) is 30.1 Å². The van der Waals surface area contributed by atoms with Gasteiger partial charge in [-0.25, -0.2) is 9.97 Å². The lowest BCUT2D eigenvalue weighted by Gasteiger charge is -2.17. The van der Waals surface area contributed by atoms with Gasteiger partial charge in [-0.1, -0.05) is 30.3 Å². The molecule has 0 saturated heterocycles. The zero-order valence-electron chi connectivity index (χ0n) is 12.2. The zero-order valence-corrected chi connectivity index (χ0v) is 13.0. The summed E-state index contributed by atoms with van der Waals surface area (Å²) in [6, 6.07) is 12.3. The molecule has 0 fully saturated rings. The van der Waals surface area contributed by atoms with Gasteiger partial charge in [-0.05, 0) is 11.6 Å². The van der Waals surface area contributed by atoms with Gasteiger partial charge in [-0.3, -0.25) is 4.79 Å². The van der Waals surface area contributed by atoms with Crippen LogP contribution in [0.15, 0.2) is 42.7 Å². The number of hydrogen-bond acceptors (Lipinski definition) is 5. The van der Waals surface area contributed by atoms with E-state index in [1.165, 1.54) is 0 Å². The quantitative estimate of drug-likeness (QED) is 0.786. The molecule has 0 atom stereocenters. The Morgan fingerprint density at radius 2 is 2.05 bits per heavy atom. The Hall–Kier alpha value is -2.47. The Morgan fingerprint density at radius 3 is 2.77 bits per heavy atom. The molecule has 2 aromatic heterocycles. The molecule has 0 unspecified atom stereocenters. The second-order valence-corrected chi connectivity index (χ2v) is 6.06. The third-order valence-corrected chi connectivity index (χ3v) is 4.51. The molecule has 3 rings (SSSR count). The topological polar surface area (TPSA) is 72.1 Å². The smallest absolute Gasteiger partial charge is 0.219 e. The maximum atomic E-state index is 11.0. The number of carbonyl (C=O) groups excluding carboxylic acids is 1. The summed E-state index contributed by atoms with van der Waals surface area (Å²) in [5.74, 6) is 0.511. The first-order valence-corrected chi connectivity index (χ1v) is 7.76. The normalized spacial score (nSPS) is 10.8. The van der Waals surface area contributed by atoms with E-state index in [2.05, 4.69) is 28.2 Å². The summed E-state index contributed by atoms with van der Waals surface area (Å²) in [5.41, 5.74) is 6.38. The van der Waals surface area contributed by atoms with Crippen LogP contribution in [0.2, 0.25) is 0 Å². The van der Waals surface area contributed by atoms with Crippen LogP contribution in [0, 0.1) is 0 Å². The van der Waals surface area contributed by atoms with E-state index in [0.717, 1.165) is 26.5 Å². The van der Waals surface area contributed by atoms with Gasteiger partial charge in [0.05, 0.1) is 5.39 Å². The van der Waals surface area contributed by atoms with Crippen LogP contribution < -0.4 is 10.6 Å². The lowest BCUT2D eigenvalue weighted by Crippen LogP contribution is -2.24. The van der Waals surface area contributed by atoms with E-state index >= 15 is 0 Å². The number of hydrogen-bond donors (Lipinski definition) is 1. The van der Waals surface area contributed by atoms with E-state index in [9.17, 15) is 4.79 Å². The van der Waals surface area contributed by atoms with Crippen molar-refractivity contribution in [2.75, 3.05) is 18.5 Å². The predicted octanol–water partition coefficient (Wildman–Crippen LogP) is 2.67. The summed E-state index contributed by atoms with van der Waals surface area (Å²) < 4.78 is 0. The second kappa shape index (κ2) is 6.11. The van der Waals surface area contributed by atoms with Crippen molar-refractivity contribution in [3.05, 3.63) is 42.7 Å². The van der Waals surface area contributed by atoms with E-state index in [0.29, 0.717) is 13.0 Å². The van der Waals surface area contributed by atoms with Gasteiger partial charge >= 0.3 is 0 Å². The van der Waals surface area contributed by atoms with Crippen molar-refractivity contribution in [3.8, 4) is 10.4 Å². The minimum atomic E-state index is -0.313. The molecule has 0 spiro atoms. The van der Waals surface area contributed by atoms with Crippen LogP contribution in [0.25, 0.3) is 20.7 Å². The number of primary amides is 1. The standard InChI is InChI=1S/C16H16N4OS/c1-20(8-7-14(17)21)15-12-9-13(11-5-3-2-4-6-11)22-16(12)19-10-18-15/h2-6,9-10H,7-8H2,1H3,(H2,17,21). The largest absolute Gasteiger partial charge is 0.370 e. The summed E-state index contributed by atoms with van der Waals surface area (Å²) >= 11 is 1.64. The molecule has 2 N–H and O–H groups in total. The number of amides is 1. The van der Waals surface area contributed by atoms with Gasteiger partial charge < -0.3 is 10.6 Å². The van der Waals surface area contributed by atoms with E-state index < -0.39 is 0 Å². The number of thiophene rings is 1. The van der Waals surface area contributed by atoms with Crippen molar-refractivity contribution in [2.24, 2.45) is 5.73 Å². The van der Waals surface area contributed by atoms with Crippen molar-refractivity contribution in [1.29, 1.82) is 0 Å². The fourth-order valence-electron chi connectivity index (χ4n) is 2.28. The Balaban J connectivity index is 1.98. The molecule has 5 nitrogen and oxygen atoms in total. The van der Waals surface area contributed by atoms with Crippen molar-refractivity contribution in [3.63, 3.8) is 0 Å². The first kappa shape index (κ1) is 14.5. The van der Waals surface area contributed by atoms with Crippen LogP contribution in [-0.4, -0.2) is 29.5 Å². The molecule has 6 heteroatoms. The minimum Gasteiger partial charge on any atom is -0.370 e. The number of benzene rings is 1. The summed E-state index contributed by atoms with van der Waals surface area (Å²) in [7, 11) is 1.91. The maximum Gasteiger partial charge on any atom is 0.219 e. The zero-order chi connectivity index (χ0) is 15.5. The molecule has 1 amide bonds. The number of carbonyl (C=O) groups is 1. The summed E-state index contributed by atoms with van der Waals surface area (Å²) in [6.45, 7) is 0.540. The second-order valence-electron chi connectivity index (χ2n) is 5.03. The van der Waals surface area contributed by atoms with Gasteiger partial charge in [-0.15, -0.1) is 11.3 Å². The number of fused-ring (bicyclic) bond motifs is 1. The highest BCUT2D eigenvalue weighted by molar-refractivity contribution is 7.21. The molecule has 22 heavy (non-hydrogen) atoms. The Bertz CT molecular complexity index is 800. The summed E-state index contributed by atoms with van der Waals surface area (Å²) in [5, 5.41) is 0.998. The van der Waals surface area contributed by atoms with Crippen LogP contribution in [0.5, 0.6) is 0 Å². The molecule has 0 saturated carbocycles. The number of rotatable bonds is 5. The number of aromatic nitrogens is 2. The number of nitrogens with zero attached hydrogens (tertiary/aromatic N) is 3. The van der Waals surface area contributed by atoms with E-state index in [4.69, 9.17) is 5.73 Å². The minimum absolute atomic E-state index is 0.303. The summed E-state index contributed by atoms with van der Waals surface area (Å²) in [4.78, 5) is 23.7. The van der Waals surface area contributed by atoms with Gasteiger partial charge in [-0.2, -0.15) is 0 Å². The van der Waals surface area contributed by atoms with Crippen molar-refractivity contribution in [2.45, 2.75) is 6.42 Å². The van der Waals surface area contributed by atoms with Crippen LogP contribution >= 0.6 is 11.3 Å². The average Bonchev–Trinajstić information content (AvgIpc) is 2.97. The third kappa shape index (κ3) is 2.92. The number of anilines is 1. The van der Waals surface area contributed by atoms with Crippen LogP contribution in [0.4, 0.5) is 5.82 Å². The van der Waals surface area contributed by atoms with Crippen LogP contribution in [0.1, 0.15) is 6.42 Å². The van der Waals surface area contributed by atoms with E-state index in [1.54, 1.807) is 17.7 Å². The van der Waals surface area contributed by atoms with Crippen molar-refractivity contribution < 1.29 is 4.79 Å². The maximum absolute atomic E-state index is 11.0. The molecule has 1 aromatic carbocycles. The molecule has 0 radical (unpaired) electrons. The fourth-order valence-corrected chi connectivity index (χ4v) is 3.27. The Labute approximate surface area is 132 Å². The molecular weight excluding hydrogens is 296 g/mol. The van der Waals surface area contributed by atoms with Gasteiger partial charge in [0.25, 0.3) is 0 Å². The Morgan fingerprint density at radius 1 is 1.27 bits per heavy atom. The molecule has 112 valence electrons. The van der Waals surface area contributed by atoms with Crippen LogP contribution in [0.3, 0.4) is 0 Å². The molecule has 0 aliphatic rings. The lowest BCUT2D eigenvalue weighted by atomic mass is 10.2. The first-order valence-electron chi connectivity index (χ1n) is 6.94. The van der Waals surface area contributed by atoms with E-state index in [-0.39, 0.29) is 5.91 Å². The monoisotopic (exact) mass is 312 g/mol. The molecule has 0 bridgehead atoms. The van der Waals surface area contributed by atoms with Gasteiger partial charge in [0.2, 0.25) is 5.91 Å². The van der Waals surface area contributed by atoms with Crippen LogP contribution in [-0.2, 0) is 4.79 Å². The summed E-state index contributed by atoms with van der Waals surface area (Å²) in [6.07, 6.45) is 1.86. The Kier molecular flexibility index (Phi) is 4.02. The molecular formula is C16H16N4OS. The SMILES string of the molecule is CN(CCC(N)=O)c1ncnc2sc(-c3ccccc3)cc12. The molecule has 3 aromatic rings. The van der Waals surface area contributed by atoms with Gasteiger partial charge in [0.1, 0.15) is 17.0 Å². The van der Waals surface area contributed by atoms with Gasteiger partial charge in [0, 0.05) is 24.9 Å². The number of nitrogens with two attached hydrogens (primary N) is 1. The highest BCUT2D eigenvalue weighted by Crippen LogP contribution is 2.35. The fraction of sp³-hybridized carbons (Fsp3) is 0.188. The average molecular weight is 312 g/mol. The van der Waals surface area contributed by atoms with Crippen molar-refractivity contribution >= 4 is 33.3 Å². The molecule has 0 aliphatic heterocycles. The van der Waals surface area contributed by atoms with Gasteiger partial charge in [0.15, 0.2) is 0 Å². The molecule has 0 aliphatic carbocycles. The van der Waals surface area contributed by atoms with Crippen molar-refractivity contribution in [1.82, 2.24) is 9.97 Å². The highest BCUT2D eigenvalue weighted by Gasteiger charge is 2.13. The first-order chi connectivity index (χ1) is 10.6.